The van der Waals surface area contributed by atoms with E-state index in [1.165, 1.54) is 6.42 Å². The van der Waals surface area contributed by atoms with E-state index in [-0.39, 0.29) is 24.0 Å². The van der Waals surface area contributed by atoms with Gasteiger partial charge in [0.05, 0.1) is 29.8 Å². The molecule has 198 valence electrons. The van der Waals surface area contributed by atoms with Crippen LogP contribution in [0.15, 0.2) is 71.9 Å². The monoisotopic (exact) mass is 541 g/mol. The Bertz CT molecular complexity index is 1560. The molecular weight excluding hydrogens is 514 g/mol. The van der Waals surface area contributed by atoms with Crippen LogP contribution < -0.4 is 4.74 Å². The second kappa shape index (κ2) is 10.2. The number of hydrogen-bond donors (Lipinski definition) is 0. The second-order valence-corrected chi connectivity index (χ2v) is 10.9. The van der Waals surface area contributed by atoms with Crippen LogP contribution in [0.25, 0.3) is 16.9 Å². The number of hydrogen-bond acceptors (Lipinski definition) is 6. The van der Waals surface area contributed by atoms with E-state index in [9.17, 15) is 4.79 Å². The molecule has 0 N–H and O–H groups in total. The number of carbonyl (C=O) groups is 1. The van der Waals surface area contributed by atoms with Crippen LogP contribution in [0, 0.1) is 5.92 Å². The van der Waals surface area contributed by atoms with Crippen molar-refractivity contribution in [1.82, 2.24) is 19.3 Å². The van der Waals surface area contributed by atoms with Crippen LogP contribution in [0.1, 0.15) is 35.4 Å². The summed E-state index contributed by atoms with van der Waals surface area (Å²) < 4.78 is 14.1. The third kappa shape index (κ3) is 4.84. The Morgan fingerprint density at radius 2 is 1.92 bits per heavy atom. The summed E-state index contributed by atoms with van der Waals surface area (Å²) in [4.78, 5) is 29.2. The fraction of sp³-hybridized carbons (Fsp3) is 0.333. The number of ether oxygens (including phenoxy) is 2. The molecule has 3 aliphatic rings. The summed E-state index contributed by atoms with van der Waals surface area (Å²) >= 11 is 6.14. The number of imidazole rings is 1. The number of aromatic nitrogens is 3. The van der Waals surface area contributed by atoms with Crippen LogP contribution in [-0.4, -0.2) is 62.8 Å². The quantitative estimate of drug-likeness (QED) is 0.338. The van der Waals surface area contributed by atoms with Gasteiger partial charge >= 0.3 is 0 Å². The minimum atomic E-state index is -0.349. The maximum atomic E-state index is 13.0. The fourth-order valence-electron chi connectivity index (χ4n) is 5.58. The molecule has 4 aromatic rings. The van der Waals surface area contributed by atoms with E-state index in [1.54, 1.807) is 18.2 Å². The summed E-state index contributed by atoms with van der Waals surface area (Å²) in [5.41, 5.74) is 5.06. The van der Waals surface area contributed by atoms with Gasteiger partial charge in [-0.2, -0.15) is 0 Å². The highest BCUT2D eigenvalue weighted by Gasteiger charge is 2.42. The van der Waals surface area contributed by atoms with Crippen LogP contribution in [-0.2, 0) is 11.3 Å². The van der Waals surface area contributed by atoms with Gasteiger partial charge in [-0.05, 0) is 49.6 Å². The minimum Gasteiger partial charge on any atom is -0.474 e. The van der Waals surface area contributed by atoms with E-state index in [0.717, 1.165) is 54.2 Å². The van der Waals surface area contributed by atoms with Crippen LogP contribution in [0.4, 0.5) is 0 Å². The molecule has 0 spiro atoms. The normalized spacial score (nSPS) is 22.3. The van der Waals surface area contributed by atoms with Crippen LogP contribution in [0.3, 0.4) is 0 Å². The molecule has 2 unspecified atom stereocenters. The summed E-state index contributed by atoms with van der Waals surface area (Å²) in [5.74, 6) is 0.211. The van der Waals surface area contributed by atoms with Crippen LogP contribution >= 0.6 is 11.6 Å². The van der Waals surface area contributed by atoms with Gasteiger partial charge in [-0.15, -0.1) is 0 Å². The zero-order valence-electron chi connectivity index (χ0n) is 21.4. The molecule has 3 aromatic heterocycles. The van der Waals surface area contributed by atoms with Gasteiger partial charge in [0, 0.05) is 48.4 Å². The highest BCUT2D eigenvalue weighted by atomic mass is 35.5. The third-order valence-electron chi connectivity index (χ3n) is 7.86. The Kier molecular flexibility index (Phi) is 6.39. The summed E-state index contributed by atoms with van der Waals surface area (Å²) in [6.45, 7) is 2.60. The molecule has 5 heterocycles. The van der Waals surface area contributed by atoms with Gasteiger partial charge in [-0.1, -0.05) is 35.9 Å². The van der Waals surface area contributed by atoms with Crippen molar-refractivity contribution in [2.75, 3.05) is 19.7 Å². The molecule has 2 aliphatic heterocycles. The number of amides is 1. The first-order valence-corrected chi connectivity index (χ1v) is 13.8. The largest absolute Gasteiger partial charge is 0.474 e. The molecule has 1 aliphatic carbocycles. The van der Waals surface area contributed by atoms with Crippen molar-refractivity contribution in [3.63, 3.8) is 0 Å². The van der Waals surface area contributed by atoms with Crippen molar-refractivity contribution >= 4 is 28.9 Å². The van der Waals surface area contributed by atoms with Crippen LogP contribution in [0.5, 0.6) is 5.88 Å². The van der Waals surface area contributed by atoms with E-state index >= 15 is 0 Å². The molecular formula is C30H28ClN5O3. The number of aliphatic imine (C=N–C) groups is 1. The lowest BCUT2D eigenvalue weighted by molar-refractivity contribution is 0.0980. The van der Waals surface area contributed by atoms with Crippen LogP contribution in [0.2, 0.25) is 5.02 Å². The van der Waals surface area contributed by atoms with Gasteiger partial charge in [0.1, 0.15) is 17.4 Å². The van der Waals surface area contributed by atoms with E-state index in [1.807, 2.05) is 48.7 Å². The Morgan fingerprint density at radius 1 is 1.05 bits per heavy atom. The minimum absolute atomic E-state index is 0.0101. The molecule has 9 heteroatoms. The fourth-order valence-corrected chi connectivity index (χ4v) is 5.71. The number of carbonyl (C=O) groups excluding carboxylic acids is 1. The molecule has 1 amide bonds. The predicted octanol–water partition coefficient (Wildman–Crippen LogP) is 5.09. The highest BCUT2D eigenvalue weighted by molar-refractivity contribution is 6.30. The predicted molar refractivity (Wildman–Crippen MR) is 148 cm³/mol. The van der Waals surface area contributed by atoms with Crippen molar-refractivity contribution in [2.45, 2.75) is 38.0 Å². The van der Waals surface area contributed by atoms with Gasteiger partial charge < -0.3 is 13.9 Å². The Labute approximate surface area is 231 Å². The van der Waals surface area contributed by atoms with Crippen molar-refractivity contribution in [1.29, 1.82) is 0 Å². The zero-order chi connectivity index (χ0) is 26.3. The van der Waals surface area contributed by atoms with Gasteiger partial charge in [-0.3, -0.25) is 9.69 Å². The highest BCUT2D eigenvalue weighted by Crippen LogP contribution is 2.32. The molecule has 1 aromatic carbocycles. The number of fused-ring (bicyclic) bond motifs is 2. The molecule has 2 saturated heterocycles. The van der Waals surface area contributed by atoms with E-state index < -0.39 is 0 Å². The smallest absolute Gasteiger partial charge is 0.295 e. The number of nitrogens with zero attached hydrogens (tertiary/aromatic N) is 5. The van der Waals surface area contributed by atoms with Gasteiger partial charge in [0.25, 0.3) is 5.91 Å². The van der Waals surface area contributed by atoms with E-state index in [0.29, 0.717) is 29.7 Å². The standard InChI is InChI=1S/C30H28ClN5O3/c31-20-12-10-19(11-13-20)29-25(36-14-2-1-8-27(36)34-29)16-35-15-22-24(18-38-26(22)17-35)33-30(37)23-7-4-9-28(32-23)39-21-5-3-6-21/h1-2,4,7-14,21-22,26H,3,5-6,15-18H2/b33-24+. The van der Waals surface area contributed by atoms with E-state index in [4.69, 9.17) is 26.1 Å². The summed E-state index contributed by atoms with van der Waals surface area (Å²) in [6, 6.07) is 19.1. The van der Waals surface area contributed by atoms with Gasteiger partial charge in [0.15, 0.2) is 0 Å². The Hall–Kier alpha value is -3.59. The summed E-state index contributed by atoms with van der Waals surface area (Å²) in [6.07, 6.45) is 5.51. The average Bonchev–Trinajstić information content (AvgIpc) is 3.61. The molecule has 39 heavy (non-hydrogen) atoms. The maximum Gasteiger partial charge on any atom is 0.295 e. The van der Waals surface area contributed by atoms with Crippen molar-refractivity contribution in [2.24, 2.45) is 10.9 Å². The van der Waals surface area contributed by atoms with Crippen molar-refractivity contribution < 1.29 is 14.3 Å². The topological polar surface area (TPSA) is 81.3 Å². The number of pyridine rings is 2. The zero-order valence-corrected chi connectivity index (χ0v) is 22.1. The lowest BCUT2D eigenvalue weighted by atomic mass is 9.96. The molecule has 8 nitrogen and oxygen atoms in total. The van der Waals surface area contributed by atoms with E-state index in [2.05, 4.69) is 19.3 Å². The van der Waals surface area contributed by atoms with Gasteiger partial charge in [-0.25, -0.2) is 15.0 Å². The maximum absolute atomic E-state index is 13.0. The Balaban J connectivity index is 1.10. The summed E-state index contributed by atoms with van der Waals surface area (Å²) in [7, 11) is 0. The molecule has 0 bridgehead atoms. The van der Waals surface area contributed by atoms with Gasteiger partial charge in [0.2, 0.25) is 5.88 Å². The second-order valence-electron chi connectivity index (χ2n) is 10.4. The number of rotatable bonds is 6. The molecule has 2 atom stereocenters. The molecule has 0 radical (unpaired) electrons. The lowest BCUT2D eigenvalue weighted by Crippen LogP contribution is -2.25. The number of benzene rings is 1. The van der Waals surface area contributed by atoms with Crippen molar-refractivity contribution in [3.8, 4) is 17.1 Å². The summed E-state index contributed by atoms with van der Waals surface area (Å²) in [5, 5.41) is 0.697. The lowest BCUT2D eigenvalue weighted by Gasteiger charge is -2.25. The Morgan fingerprint density at radius 3 is 2.74 bits per heavy atom. The molecule has 7 rings (SSSR count). The first-order chi connectivity index (χ1) is 19.1. The number of likely N-dealkylation sites (tertiary alicyclic amines) is 1. The average molecular weight is 542 g/mol. The first-order valence-electron chi connectivity index (χ1n) is 13.4. The molecule has 3 fully saturated rings. The first kappa shape index (κ1) is 24.5. The van der Waals surface area contributed by atoms with Crippen molar-refractivity contribution in [3.05, 3.63) is 83.3 Å². The number of halogens is 1. The third-order valence-corrected chi connectivity index (χ3v) is 8.11. The molecule has 1 saturated carbocycles. The SMILES string of the molecule is O=C(/N=C1\COC2CN(Cc3c(-c4ccc(Cl)cc4)nc4ccccn34)CC12)c1cccc(OC2CCC2)n1.